The van der Waals surface area contributed by atoms with Crippen LogP contribution in [0, 0.1) is 6.92 Å². The average molecular weight is 362 g/mol. The highest BCUT2D eigenvalue weighted by Gasteiger charge is 2.08. The summed E-state index contributed by atoms with van der Waals surface area (Å²) in [5, 5.41) is 18.0. The van der Waals surface area contributed by atoms with Crippen molar-refractivity contribution >= 4 is 16.9 Å². The normalized spacial score (nSPS) is 12.8. The third kappa shape index (κ3) is 5.05. The van der Waals surface area contributed by atoms with Crippen LogP contribution in [-0.4, -0.2) is 29.1 Å². The van der Waals surface area contributed by atoms with Crippen LogP contribution >= 0.6 is 0 Å². The van der Waals surface area contributed by atoms with Gasteiger partial charge in [-0.3, -0.25) is 4.98 Å². The van der Waals surface area contributed by atoms with Crippen molar-refractivity contribution in [1.82, 2.24) is 15.6 Å². The molecule has 0 saturated carbocycles. The molecule has 0 radical (unpaired) electrons. The van der Waals surface area contributed by atoms with E-state index in [4.69, 9.17) is 0 Å². The fourth-order valence-electron chi connectivity index (χ4n) is 2.90. The molecule has 140 valence electrons. The topological polar surface area (TPSA) is 69.5 Å². The van der Waals surface area contributed by atoms with E-state index in [0.29, 0.717) is 19.0 Å². The van der Waals surface area contributed by atoms with Crippen molar-refractivity contribution < 1.29 is 5.11 Å². The number of aliphatic imine (C=N–C) groups is 1. The van der Waals surface area contributed by atoms with Gasteiger partial charge in [0.1, 0.15) is 0 Å². The lowest BCUT2D eigenvalue weighted by Crippen LogP contribution is -2.39. The van der Waals surface area contributed by atoms with Gasteiger partial charge in [0.2, 0.25) is 0 Å². The smallest absolute Gasteiger partial charge is 0.191 e. The molecule has 0 spiro atoms. The highest BCUT2D eigenvalue weighted by Crippen LogP contribution is 2.17. The maximum absolute atomic E-state index is 10.4. The second kappa shape index (κ2) is 9.14. The number of benzene rings is 2. The molecule has 0 aliphatic heterocycles. The predicted molar refractivity (Wildman–Crippen MR) is 111 cm³/mol. The Labute approximate surface area is 160 Å². The molecule has 3 N–H and O–H groups in total. The molecule has 0 bridgehead atoms. The van der Waals surface area contributed by atoms with E-state index in [9.17, 15) is 5.11 Å². The van der Waals surface area contributed by atoms with Gasteiger partial charge in [-0.15, -0.1) is 0 Å². The van der Waals surface area contributed by atoms with Crippen molar-refractivity contribution in [3.63, 3.8) is 0 Å². The number of hydrogen-bond donors (Lipinski definition) is 3. The van der Waals surface area contributed by atoms with E-state index in [2.05, 4.69) is 26.7 Å². The summed E-state index contributed by atoms with van der Waals surface area (Å²) in [7, 11) is 0. The van der Waals surface area contributed by atoms with E-state index >= 15 is 0 Å². The summed E-state index contributed by atoms with van der Waals surface area (Å²) in [6.45, 7) is 5.75. The molecule has 0 saturated heterocycles. The number of aliphatic hydroxyl groups is 1. The Morgan fingerprint density at radius 2 is 1.85 bits per heavy atom. The van der Waals surface area contributed by atoms with Gasteiger partial charge in [0.15, 0.2) is 5.96 Å². The molecule has 1 atom stereocenters. The Morgan fingerprint density at radius 3 is 2.63 bits per heavy atom. The molecule has 5 heteroatoms. The number of nitrogens with one attached hydrogen (secondary N) is 2. The Morgan fingerprint density at radius 1 is 1.07 bits per heavy atom. The van der Waals surface area contributed by atoms with Crippen molar-refractivity contribution in [2.24, 2.45) is 4.99 Å². The third-order valence-electron chi connectivity index (χ3n) is 4.42. The SMILES string of the molecule is CCNC(=NCc1ccnc2ccccc12)NCC(O)c1ccc(C)cc1. The number of para-hydroxylation sites is 1. The van der Waals surface area contributed by atoms with E-state index in [-0.39, 0.29) is 0 Å². The number of guanidine groups is 1. The molecule has 27 heavy (non-hydrogen) atoms. The molecule has 1 unspecified atom stereocenters. The zero-order valence-corrected chi connectivity index (χ0v) is 15.8. The summed E-state index contributed by atoms with van der Waals surface area (Å²) in [6.07, 6.45) is 1.23. The van der Waals surface area contributed by atoms with Gasteiger partial charge in [0.05, 0.1) is 18.2 Å². The van der Waals surface area contributed by atoms with Gasteiger partial charge in [-0.1, -0.05) is 48.0 Å². The first-order valence-electron chi connectivity index (χ1n) is 9.27. The molecule has 5 nitrogen and oxygen atoms in total. The molecular weight excluding hydrogens is 336 g/mol. The third-order valence-corrected chi connectivity index (χ3v) is 4.42. The van der Waals surface area contributed by atoms with E-state index in [1.165, 1.54) is 5.56 Å². The molecular formula is C22H26N4O. The van der Waals surface area contributed by atoms with Crippen LogP contribution in [0.2, 0.25) is 0 Å². The first-order chi connectivity index (χ1) is 13.2. The minimum Gasteiger partial charge on any atom is -0.387 e. The van der Waals surface area contributed by atoms with Crippen molar-refractivity contribution in [3.8, 4) is 0 Å². The minimum atomic E-state index is -0.587. The van der Waals surface area contributed by atoms with Crippen molar-refractivity contribution in [2.45, 2.75) is 26.5 Å². The lowest BCUT2D eigenvalue weighted by Gasteiger charge is -2.16. The number of aromatic nitrogens is 1. The van der Waals surface area contributed by atoms with Crippen molar-refractivity contribution in [1.29, 1.82) is 0 Å². The average Bonchev–Trinajstić information content (AvgIpc) is 2.70. The van der Waals surface area contributed by atoms with E-state index in [0.717, 1.165) is 28.6 Å². The van der Waals surface area contributed by atoms with Gasteiger partial charge in [0, 0.05) is 24.7 Å². The number of aryl methyl sites for hydroxylation is 1. The fraction of sp³-hybridized carbons (Fsp3) is 0.273. The molecule has 1 heterocycles. The lowest BCUT2D eigenvalue weighted by molar-refractivity contribution is 0.181. The highest BCUT2D eigenvalue weighted by atomic mass is 16.3. The van der Waals surface area contributed by atoms with Crippen LogP contribution in [-0.2, 0) is 6.54 Å². The Kier molecular flexibility index (Phi) is 6.39. The second-order valence-electron chi connectivity index (χ2n) is 6.49. The molecule has 1 aromatic heterocycles. The number of pyridine rings is 1. The monoisotopic (exact) mass is 362 g/mol. The van der Waals surface area contributed by atoms with Crippen LogP contribution in [0.1, 0.15) is 29.7 Å². The number of aliphatic hydroxyl groups excluding tert-OH is 1. The largest absolute Gasteiger partial charge is 0.387 e. The molecule has 2 aromatic carbocycles. The minimum absolute atomic E-state index is 0.395. The number of rotatable bonds is 6. The molecule has 0 aliphatic carbocycles. The predicted octanol–water partition coefficient (Wildman–Crippen LogP) is 3.33. The summed E-state index contributed by atoms with van der Waals surface area (Å²) < 4.78 is 0. The van der Waals surface area contributed by atoms with Crippen LogP contribution in [0.25, 0.3) is 10.9 Å². The van der Waals surface area contributed by atoms with Crippen LogP contribution in [0.3, 0.4) is 0 Å². The Hall–Kier alpha value is -2.92. The summed E-state index contributed by atoms with van der Waals surface area (Å²) in [6, 6.07) is 18.0. The van der Waals surface area contributed by atoms with Gasteiger partial charge >= 0.3 is 0 Å². The molecule has 0 aliphatic rings. The van der Waals surface area contributed by atoms with Gasteiger partial charge in [-0.05, 0) is 37.1 Å². The summed E-state index contributed by atoms with van der Waals surface area (Å²) in [4.78, 5) is 9.06. The number of nitrogens with zero attached hydrogens (tertiary/aromatic N) is 2. The van der Waals surface area contributed by atoms with Crippen LogP contribution < -0.4 is 10.6 Å². The molecule has 3 rings (SSSR count). The zero-order valence-electron chi connectivity index (χ0n) is 15.8. The second-order valence-corrected chi connectivity index (χ2v) is 6.49. The standard InChI is InChI=1S/C22H26N4O/c1-3-23-22(26-15-21(27)17-10-8-16(2)9-11-17)25-14-18-12-13-24-20-7-5-4-6-19(18)20/h4-13,21,27H,3,14-15H2,1-2H3,(H2,23,25,26). The van der Waals surface area contributed by atoms with Crippen molar-refractivity contribution in [2.75, 3.05) is 13.1 Å². The Bertz CT molecular complexity index is 900. The molecule has 3 aromatic rings. The van der Waals surface area contributed by atoms with Crippen LogP contribution in [0.15, 0.2) is 65.8 Å². The fourth-order valence-corrected chi connectivity index (χ4v) is 2.90. The van der Waals surface area contributed by atoms with Gasteiger partial charge in [-0.2, -0.15) is 0 Å². The number of hydrogen-bond acceptors (Lipinski definition) is 3. The summed E-state index contributed by atoms with van der Waals surface area (Å²) in [5.74, 6) is 0.685. The summed E-state index contributed by atoms with van der Waals surface area (Å²) >= 11 is 0. The molecule has 0 fully saturated rings. The van der Waals surface area contributed by atoms with Gasteiger partial charge in [0.25, 0.3) is 0 Å². The highest BCUT2D eigenvalue weighted by molar-refractivity contribution is 5.83. The van der Waals surface area contributed by atoms with Gasteiger partial charge in [-0.25, -0.2) is 4.99 Å². The molecule has 0 amide bonds. The van der Waals surface area contributed by atoms with E-state index < -0.39 is 6.10 Å². The maximum Gasteiger partial charge on any atom is 0.191 e. The van der Waals surface area contributed by atoms with Crippen LogP contribution in [0.4, 0.5) is 0 Å². The first-order valence-corrected chi connectivity index (χ1v) is 9.27. The maximum atomic E-state index is 10.4. The summed E-state index contributed by atoms with van der Waals surface area (Å²) in [5.41, 5.74) is 4.16. The quantitative estimate of drug-likeness (QED) is 0.465. The first kappa shape index (κ1) is 18.9. The Balaban J connectivity index is 1.68. The van der Waals surface area contributed by atoms with Gasteiger partial charge < -0.3 is 15.7 Å². The van der Waals surface area contributed by atoms with Crippen LogP contribution in [0.5, 0.6) is 0 Å². The lowest BCUT2D eigenvalue weighted by atomic mass is 10.1. The zero-order chi connectivity index (χ0) is 19.1. The van der Waals surface area contributed by atoms with E-state index in [1.807, 2.05) is 68.6 Å². The number of fused-ring (bicyclic) bond motifs is 1. The van der Waals surface area contributed by atoms with Crippen molar-refractivity contribution in [3.05, 3.63) is 77.5 Å². The van der Waals surface area contributed by atoms with E-state index in [1.54, 1.807) is 0 Å².